The summed E-state index contributed by atoms with van der Waals surface area (Å²) in [4.78, 5) is 14.2. The van der Waals surface area contributed by atoms with E-state index in [4.69, 9.17) is 0 Å². The maximum Gasteiger partial charge on any atom is 0.175 e. The summed E-state index contributed by atoms with van der Waals surface area (Å²) in [6.45, 7) is 4.27. The van der Waals surface area contributed by atoms with E-state index in [0.717, 1.165) is 0 Å². The van der Waals surface area contributed by atoms with E-state index in [2.05, 4.69) is 6.58 Å². The molecule has 6 heteroatoms. The molecule has 0 aliphatic carbocycles. The second-order valence-electron chi connectivity index (χ2n) is 4.83. The van der Waals surface area contributed by atoms with Crippen LogP contribution in [0.2, 0.25) is 0 Å². The Labute approximate surface area is 111 Å². The molecule has 5 atom stereocenters. The van der Waals surface area contributed by atoms with Gasteiger partial charge in [0.25, 0.3) is 0 Å². The fourth-order valence-electron chi connectivity index (χ4n) is 3.25. The average Bonchev–Trinajstić information content (AvgIpc) is 2.75. The number of rotatable bonds is 2. The van der Waals surface area contributed by atoms with Gasteiger partial charge in [0, 0.05) is 45.7 Å². The lowest BCUT2D eigenvalue weighted by molar-refractivity contribution is -0.119. The molecular formula is C12H15NO3S2. The first-order valence-corrected chi connectivity index (χ1v) is 8.60. The number of carbonyl (C=O) groups is 1. The highest BCUT2D eigenvalue weighted by Gasteiger charge is 2.64. The van der Waals surface area contributed by atoms with E-state index in [1.807, 2.05) is 11.0 Å². The lowest BCUT2D eigenvalue weighted by atomic mass is 10.1. The molecular weight excluding hydrogens is 270 g/mol. The lowest BCUT2D eigenvalue weighted by Gasteiger charge is -2.33. The predicted octanol–water partition coefficient (Wildman–Crippen LogP) is -0.0385. The van der Waals surface area contributed by atoms with Crippen LogP contribution in [-0.2, 0) is 26.4 Å². The number of hydrogen-bond donors (Lipinski definition) is 0. The summed E-state index contributed by atoms with van der Waals surface area (Å²) in [5.74, 6) is 0.838. The molecule has 3 heterocycles. The van der Waals surface area contributed by atoms with E-state index < -0.39 is 31.7 Å². The molecule has 98 valence electrons. The van der Waals surface area contributed by atoms with Gasteiger partial charge < -0.3 is 0 Å². The van der Waals surface area contributed by atoms with Crippen molar-refractivity contribution in [3.8, 4) is 0 Å². The Balaban J connectivity index is 2.10. The standard InChI is InChI=1S/C12H15NO3S2/c1-2-5-13-9-3-4-10(14)11(13)12(8-9)17(15)6-7-18(12)16/h2-4,9,11H,1,5-8H2/t9-,11+,12?,17-,18+/m0/s1. The summed E-state index contributed by atoms with van der Waals surface area (Å²) >= 11 is 0. The molecule has 18 heavy (non-hydrogen) atoms. The molecule has 3 aliphatic rings. The van der Waals surface area contributed by atoms with Crippen LogP contribution < -0.4 is 0 Å². The fourth-order valence-corrected chi connectivity index (χ4v) is 8.19. The van der Waals surface area contributed by atoms with Gasteiger partial charge in [0.05, 0.1) is 0 Å². The molecule has 1 spiro atoms. The first kappa shape index (κ1) is 12.4. The second kappa shape index (κ2) is 4.21. The van der Waals surface area contributed by atoms with Gasteiger partial charge in [-0.1, -0.05) is 12.2 Å². The highest BCUT2D eigenvalue weighted by molar-refractivity contribution is 8.07. The molecule has 2 fully saturated rings. The average molecular weight is 285 g/mol. The summed E-state index contributed by atoms with van der Waals surface area (Å²) in [6, 6.07) is -0.425. The quantitative estimate of drug-likeness (QED) is 0.668. The van der Waals surface area contributed by atoms with Crippen LogP contribution in [0.3, 0.4) is 0 Å². The molecule has 3 rings (SSSR count). The Kier molecular flexibility index (Phi) is 2.91. The zero-order valence-corrected chi connectivity index (χ0v) is 11.5. The van der Waals surface area contributed by atoms with Gasteiger partial charge in [-0.25, -0.2) is 0 Å². The van der Waals surface area contributed by atoms with Gasteiger partial charge in [-0.2, -0.15) is 0 Å². The van der Waals surface area contributed by atoms with Gasteiger partial charge in [0.15, 0.2) is 5.78 Å². The van der Waals surface area contributed by atoms with E-state index in [9.17, 15) is 13.2 Å². The van der Waals surface area contributed by atoms with Crippen molar-refractivity contribution in [1.29, 1.82) is 0 Å². The SMILES string of the molecule is C=CCN1[C@H]2C=CC(=O)[C@@H]1C1(C2)[S@](=O)CC[S@@]1=O. The van der Waals surface area contributed by atoms with Crippen LogP contribution in [0, 0.1) is 0 Å². The van der Waals surface area contributed by atoms with E-state index in [1.165, 1.54) is 0 Å². The molecule has 1 unspecified atom stereocenters. The third-order valence-corrected chi connectivity index (χ3v) is 8.83. The molecule has 0 N–H and O–H groups in total. The Hall–Kier alpha value is -0.590. The minimum Gasteiger partial charge on any atom is -0.293 e. The number of carbonyl (C=O) groups excluding carboxylic acids is 1. The Morgan fingerprint density at radius 3 is 2.72 bits per heavy atom. The molecule has 0 aromatic rings. The minimum absolute atomic E-state index is 0.0609. The number of hydrogen-bond acceptors (Lipinski definition) is 4. The number of ketones is 1. The molecule has 2 saturated heterocycles. The molecule has 4 nitrogen and oxygen atoms in total. The predicted molar refractivity (Wildman–Crippen MR) is 72.0 cm³/mol. The zero-order valence-electron chi connectivity index (χ0n) is 9.91. The van der Waals surface area contributed by atoms with Crippen molar-refractivity contribution in [3.05, 3.63) is 24.8 Å². The van der Waals surface area contributed by atoms with Crippen molar-refractivity contribution >= 4 is 27.4 Å². The Morgan fingerprint density at radius 2 is 2.11 bits per heavy atom. The Bertz CT molecular complexity index is 484. The van der Waals surface area contributed by atoms with Crippen molar-refractivity contribution in [2.75, 3.05) is 18.1 Å². The minimum atomic E-state index is -1.18. The van der Waals surface area contributed by atoms with Gasteiger partial charge in [0.2, 0.25) is 0 Å². The summed E-state index contributed by atoms with van der Waals surface area (Å²) in [6.07, 6.45) is 5.72. The third-order valence-electron chi connectivity index (χ3n) is 3.98. The molecule has 0 aromatic carbocycles. The Morgan fingerprint density at radius 1 is 1.44 bits per heavy atom. The smallest absolute Gasteiger partial charge is 0.175 e. The number of nitrogens with zero attached hydrogens (tertiary/aromatic N) is 1. The fraction of sp³-hybridized carbons (Fsp3) is 0.583. The van der Waals surface area contributed by atoms with Crippen LogP contribution in [0.15, 0.2) is 24.8 Å². The molecule has 0 amide bonds. The largest absolute Gasteiger partial charge is 0.293 e. The van der Waals surface area contributed by atoms with Gasteiger partial charge in [0.1, 0.15) is 10.1 Å². The zero-order chi connectivity index (χ0) is 12.9. The summed E-state index contributed by atoms with van der Waals surface area (Å²) in [7, 11) is -2.36. The van der Waals surface area contributed by atoms with Crippen molar-refractivity contribution in [2.45, 2.75) is 22.6 Å². The molecule has 3 aliphatic heterocycles. The van der Waals surface area contributed by atoms with Crippen LogP contribution in [0.25, 0.3) is 0 Å². The highest BCUT2D eigenvalue weighted by atomic mass is 32.3. The first-order chi connectivity index (χ1) is 8.61. The van der Waals surface area contributed by atoms with Gasteiger partial charge in [-0.15, -0.1) is 6.58 Å². The lowest BCUT2D eigenvalue weighted by Crippen LogP contribution is -2.53. The molecule has 2 bridgehead atoms. The maximum atomic E-state index is 12.3. The van der Waals surface area contributed by atoms with Crippen LogP contribution in [-0.4, -0.2) is 53.3 Å². The van der Waals surface area contributed by atoms with Crippen molar-refractivity contribution in [2.24, 2.45) is 0 Å². The monoisotopic (exact) mass is 285 g/mol. The first-order valence-electron chi connectivity index (χ1n) is 5.97. The molecule has 0 radical (unpaired) electrons. The van der Waals surface area contributed by atoms with Gasteiger partial charge in [-0.3, -0.25) is 18.1 Å². The summed E-state index contributed by atoms with van der Waals surface area (Å²) in [5, 5.41) is 0. The van der Waals surface area contributed by atoms with Crippen LogP contribution in [0.1, 0.15) is 6.42 Å². The van der Waals surface area contributed by atoms with Crippen LogP contribution in [0.4, 0.5) is 0 Å². The third kappa shape index (κ3) is 1.42. The van der Waals surface area contributed by atoms with Crippen LogP contribution >= 0.6 is 0 Å². The normalized spacial score (nSPS) is 47.0. The highest BCUT2D eigenvalue weighted by Crippen LogP contribution is 2.46. The van der Waals surface area contributed by atoms with Crippen LogP contribution in [0.5, 0.6) is 0 Å². The van der Waals surface area contributed by atoms with Gasteiger partial charge >= 0.3 is 0 Å². The molecule has 0 aromatic heterocycles. The second-order valence-corrected chi connectivity index (χ2v) is 8.75. The van der Waals surface area contributed by atoms with E-state index in [0.29, 0.717) is 24.5 Å². The van der Waals surface area contributed by atoms with E-state index in [-0.39, 0.29) is 11.8 Å². The summed E-state index contributed by atoms with van der Waals surface area (Å²) < 4.78 is 23.8. The van der Waals surface area contributed by atoms with Gasteiger partial charge in [-0.05, 0) is 12.5 Å². The van der Waals surface area contributed by atoms with Crippen molar-refractivity contribution in [3.63, 3.8) is 0 Å². The summed E-state index contributed by atoms with van der Waals surface area (Å²) in [5.41, 5.74) is 0. The van der Waals surface area contributed by atoms with E-state index >= 15 is 0 Å². The maximum absolute atomic E-state index is 12.3. The molecule has 0 saturated carbocycles. The number of fused-ring (bicyclic) bond motifs is 3. The topological polar surface area (TPSA) is 54.5 Å². The van der Waals surface area contributed by atoms with Crippen molar-refractivity contribution in [1.82, 2.24) is 4.90 Å². The van der Waals surface area contributed by atoms with Crippen molar-refractivity contribution < 1.29 is 13.2 Å². The van der Waals surface area contributed by atoms with E-state index in [1.54, 1.807) is 12.2 Å².